The van der Waals surface area contributed by atoms with Gasteiger partial charge in [0, 0.05) is 5.56 Å². The van der Waals surface area contributed by atoms with E-state index in [0.717, 1.165) is 0 Å². The second kappa shape index (κ2) is 5.38. The number of aliphatic hydroxyl groups is 1. The largest absolute Gasteiger partial charge is 0.475 e. The van der Waals surface area contributed by atoms with Crippen molar-refractivity contribution in [1.29, 1.82) is 5.26 Å². The summed E-state index contributed by atoms with van der Waals surface area (Å²) in [4.78, 5) is 0. The van der Waals surface area contributed by atoms with E-state index in [1.54, 1.807) is 19.1 Å². The zero-order chi connectivity index (χ0) is 11.3. The lowest BCUT2D eigenvalue weighted by Crippen LogP contribution is -2.13. The molecule has 0 fully saturated rings. The second-order valence-electron chi connectivity index (χ2n) is 3.36. The summed E-state index contributed by atoms with van der Waals surface area (Å²) in [5.74, 6) is 0.584. The Balaban J connectivity index is 2.89. The van der Waals surface area contributed by atoms with Crippen LogP contribution in [0.1, 0.15) is 31.9 Å². The Kier molecular flexibility index (Phi) is 4.14. The number of para-hydroxylation sites is 1. The molecule has 1 unspecified atom stereocenters. The maximum Gasteiger partial charge on any atom is 0.184 e. The van der Waals surface area contributed by atoms with Gasteiger partial charge in [0.05, 0.1) is 6.10 Å². The summed E-state index contributed by atoms with van der Waals surface area (Å²) >= 11 is 0. The van der Waals surface area contributed by atoms with Gasteiger partial charge in [-0.3, -0.25) is 0 Å². The van der Waals surface area contributed by atoms with Crippen LogP contribution in [-0.2, 0) is 0 Å². The molecule has 0 saturated heterocycles. The predicted molar refractivity (Wildman–Crippen MR) is 57.4 cm³/mol. The quantitative estimate of drug-likeness (QED) is 0.821. The third kappa shape index (κ3) is 2.97. The van der Waals surface area contributed by atoms with Crippen LogP contribution in [0.5, 0.6) is 5.75 Å². The van der Waals surface area contributed by atoms with Crippen LogP contribution in [0, 0.1) is 11.3 Å². The molecule has 0 spiro atoms. The number of aliphatic hydroxyl groups excluding tert-OH is 1. The van der Waals surface area contributed by atoms with E-state index >= 15 is 0 Å². The molecule has 80 valence electrons. The molecule has 0 amide bonds. The molecule has 1 N–H and O–H groups in total. The maximum atomic E-state index is 9.50. The van der Waals surface area contributed by atoms with E-state index in [4.69, 9.17) is 10.00 Å². The molecule has 15 heavy (non-hydrogen) atoms. The summed E-state index contributed by atoms with van der Waals surface area (Å²) in [7, 11) is 0. The van der Waals surface area contributed by atoms with Crippen LogP contribution in [0.4, 0.5) is 0 Å². The molecule has 0 aliphatic carbocycles. The van der Waals surface area contributed by atoms with Gasteiger partial charge in [-0.2, -0.15) is 5.26 Å². The van der Waals surface area contributed by atoms with Gasteiger partial charge in [0.25, 0.3) is 0 Å². The highest BCUT2D eigenvalue weighted by Crippen LogP contribution is 2.25. The Bertz CT molecular complexity index is 355. The number of nitriles is 1. The summed E-state index contributed by atoms with van der Waals surface area (Å²) < 4.78 is 5.48. The Morgan fingerprint density at radius 3 is 2.67 bits per heavy atom. The Labute approximate surface area is 89.9 Å². The number of hydrogen-bond donors (Lipinski definition) is 1. The monoisotopic (exact) mass is 205 g/mol. The maximum absolute atomic E-state index is 9.50. The average Bonchev–Trinajstić information content (AvgIpc) is 2.26. The van der Waals surface area contributed by atoms with E-state index in [1.807, 2.05) is 19.1 Å². The first kappa shape index (κ1) is 11.5. The van der Waals surface area contributed by atoms with Crippen molar-refractivity contribution < 1.29 is 9.84 Å². The zero-order valence-electron chi connectivity index (χ0n) is 8.97. The van der Waals surface area contributed by atoms with Crippen molar-refractivity contribution in [3.8, 4) is 11.8 Å². The fraction of sp³-hybridized carbons (Fsp3) is 0.417. The fourth-order valence-corrected chi connectivity index (χ4v) is 1.29. The van der Waals surface area contributed by atoms with Crippen LogP contribution < -0.4 is 4.74 Å². The van der Waals surface area contributed by atoms with Gasteiger partial charge in [0.1, 0.15) is 11.8 Å². The topological polar surface area (TPSA) is 53.2 Å². The van der Waals surface area contributed by atoms with Crippen molar-refractivity contribution in [1.82, 2.24) is 0 Å². The van der Waals surface area contributed by atoms with Crippen LogP contribution in [-0.4, -0.2) is 11.2 Å². The molecule has 0 aromatic heterocycles. The number of benzene rings is 1. The molecule has 1 aromatic rings. The van der Waals surface area contributed by atoms with Crippen LogP contribution in [0.15, 0.2) is 24.3 Å². The van der Waals surface area contributed by atoms with Crippen LogP contribution >= 0.6 is 0 Å². The summed E-state index contributed by atoms with van der Waals surface area (Å²) in [6.07, 6.45) is -0.410. The summed E-state index contributed by atoms with van der Waals surface area (Å²) in [6.45, 7) is 3.56. The van der Waals surface area contributed by atoms with Crippen LogP contribution in [0.25, 0.3) is 0 Å². The van der Waals surface area contributed by atoms with Crippen molar-refractivity contribution in [2.45, 2.75) is 32.5 Å². The van der Waals surface area contributed by atoms with Crippen molar-refractivity contribution in [3.05, 3.63) is 29.8 Å². The first-order valence-electron chi connectivity index (χ1n) is 5.02. The van der Waals surface area contributed by atoms with E-state index < -0.39 is 12.2 Å². The predicted octanol–water partition coefficient (Wildman–Crippen LogP) is 2.42. The van der Waals surface area contributed by atoms with E-state index in [-0.39, 0.29) is 0 Å². The Hall–Kier alpha value is -1.53. The zero-order valence-corrected chi connectivity index (χ0v) is 8.97. The van der Waals surface area contributed by atoms with Crippen molar-refractivity contribution in [3.63, 3.8) is 0 Å². The first-order valence-corrected chi connectivity index (χ1v) is 5.02. The molecule has 2 atom stereocenters. The number of hydrogen-bond acceptors (Lipinski definition) is 3. The van der Waals surface area contributed by atoms with Gasteiger partial charge in [-0.15, -0.1) is 0 Å². The van der Waals surface area contributed by atoms with Gasteiger partial charge in [0.15, 0.2) is 6.10 Å². The molecule has 0 radical (unpaired) electrons. The molecule has 3 heteroatoms. The summed E-state index contributed by atoms with van der Waals surface area (Å²) in [5, 5.41) is 18.3. The summed E-state index contributed by atoms with van der Waals surface area (Å²) in [5.41, 5.74) is 0.714. The normalized spacial score (nSPS) is 14.0. The minimum Gasteiger partial charge on any atom is -0.475 e. The van der Waals surface area contributed by atoms with Gasteiger partial charge >= 0.3 is 0 Å². The smallest absolute Gasteiger partial charge is 0.184 e. The average molecular weight is 205 g/mol. The Morgan fingerprint density at radius 2 is 2.13 bits per heavy atom. The molecule has 1 aromatic carbocycles. The third-order valence-corrected chi connectivity index (χ3v) is 2.15. The standard InChI is InChI=1S/C12H15NO2/c1-3-10(8-13)15-12-7-5-4-6-11(12)9(2)14/h4-7,9-10,14H,3H2,1-2H3/t9-,10?/m0/s1. The van der Waals surface area contributed by atoms with Crippen molar-refractivity contribution >= 4 is 0 Å². The van der Waals surface area contributed by atoms with Crippen molar-refractivity contribution in [2.24, 2.45) is 0 Å². The third-order valence-electron chi connectivity index (χ3n) is 2.15. The van der Waals surface area contributed by atoms with E-state index in [9.17, 15) is 5.11 Å². The first-order chi connectivity index (χ1) is 7.19. The lowest BCUT2D eigenvalue weighted by atomic mass is 10.1. The number of nitrogens with zero attached hydrogens (tertiary/aromatic N) is 1. The molecule has 0 bridgehead atoms. The summed E-state index contributed by atoms with van der Waals surface area (Å²) in [6, 6.07) is 9.28. The molecule has 0 aliphatic rings. The lowest BCUT2D eigenvalue weighted by molar-refractivity contribution is 0.184. The SMILES string of the molecule is CCC(C#N)Oc1ccccc1[C@H](C)O. The Morgan fingerprint density at radius 1 is 1.47 bits per heavy atom. The number of ether oxygens (including phenoxy) is 1. The molecular weight excluding hydrogens is 190 g/mol. The molecule has 1 rings (SSSR count). The molecule has 0 aliphatic heterocycles. The lowest BCUT2D eigenvalue weighted by Gasteiger charge is -2.15. The molecular formula is C12H15NO2. The van der Waals surface area contributed by atoms with Gasteiger partial charge in [-0.1, -0.05) is 25.1 Å². The highest BCUT2D eigenvalue weighted by Gasteiger charge is 2.12. The molecule has 0 saturated carbocycles. The fourth-order valence-electron chi connectivity index (χ4n) is 1.29. The highest BCUT2D eigenvalue weighted by atomic mass is 16.5. The van der Waals surface area contributed by atoms with E-state index in [0.29, 0.717) is 17.7 Å². The van der Waals surface area contributed by atoms with Crippen LogP contribution in [0.2, 0.25) is 0 Å². The molecule has 3 nitrogen and oxygen atoms in total. The van der Waals surface area contributed by atoms with E-state index in [2.05, 4.69) is 6.07 Å². The van der Waals surface area contributed by atoms with Crippen LogP contribution in [0.3, 0.4) is 0 Å². The minimum atomic E-state index is -0.586. The minimum absolute atomic E-state index is 0.454. The van der Waals surface area contributed by atoms with Gasteiger partial charge < -0.3 is 9.84 Å². The highest BCUT2D eigenvalue weighted by molar-refractivity contribution is 5.35. The molecule has 0 heterocycles. The van der Waals surface area contributed by atoms with Gasteiger partial charge in [0.2, 0.25) is 0 Å². The van der Waals surface area contributed by atoms with Gasteiger partial charge in [-0.05, 0) is 19.4 Å². The van der Waals surface area contributed by atoms with Gasteiger partial charge in [-0.25, -0.2) is 0 Å². The second-order valence-corrected chi connectivity index (χ2v) is 3.36. The number of rotatable bonds is 4. The van der Waals surface area contributed by atoms with E-state index in [1.165, 1.54) is 0 Å². The van der Waals surface area contributed by atoms with Crippen molar-refractivity contribution in [2.75, 3.05) is 0 Å².